The van der Waals surface area contributed by atoms with Crippen LogP contribution in [0.15, 0.2) is 77.4 Å². The minimum absolute atomic E-state index is 0.0289. The van der Waals surface area contributed by atoms with Gasteiger partial charge in [0, 0.05) is 37.9 Å². The lowest BCUT2D eigenvalue weighted by molar-refractivity contribution is 0.0957. The second-order valence-electron chi connectivity index (χ2n) is 9.00. The first-order valence-corrected chi connectivity index (χ1v) is 12.3. The van der Waals surface area contributed by atoms with Crippen molar-refractivity contribution in [3.8, 4) is 11.1 Å². The molecule has 1 unspecified atom stereocenters. The Bertz CT molecular complexity index is 1080. The number of alkyl halides is 1. The van der Waals surface area contributed by atoms with Crippen LogP contribution in [0.2, 0.25) is 0 Å². The fourth-order valence-corrected chi connectivity index (χ4v) is 4.81. The Kier molecular flexibility index (Phi) is 9.79. The van der Waals surface area contributed by atoms with Crippen molar-refractivity contribution < 1.29 is 9.18 Å². The number of halogens is 1. The highest BCUT2D eigenvalue weighted by Gasteiger charge is 2.33. The van der Waals surface area contributed by atoms with Gasteiger partial charge in [0.1, 0.15) is 6.67 Å². The standard InChI is InChI=1S/C29H37FN4O/c1-5-9-26(14-16-30)34(29(35)32-21-31-4)27-15-17-33(23(3)18-27)20-24-11-8-12-25(19-24)28-13-7-6-10-22(28)2/h5-14,19,21,23,27H,15-18,20H2,1-4H3,(H,31,32,35)/b9-5-,26-14+/t23-,27?/m0/s1. The number of aliphatic imine (C=N–C) groups is 1. The van der Waals surface area contributed by atoms with E-state index in [2.05, 4.69) is 77.6 Å². The number of benzene rings is 2. The van der Waals surface area contributed by atoms with Crippen LogP contribution >= 0.6 is 0 Å². The van der Waals surface area contributed by atoms with Gasteiger partial charge in [0.2, 0.25) is 0 Å². The summed E-state index contributed by atoms with van der Waals surface area (Å²) in [7, 11) is 1.60. The predicted molar refractivity (Wildman–Crippen MR) is 143 cm³/mol. The Morgan fingerprint density at radius 1 is 1.26 bits per heavy atom. The van der Waals surface area contributed by atoms with Crippen LogP contribution in [0, 0.1) is 6.92 Å². The molecule has 0 saturated carbocycles. The minimum atomic E-state index is -0.628. The molecule has 1 aliphatic heterocycles. The van der Waals surface area contributed by atoms with Crippen LogP contribution in [0.1, 0.15) is 37.8 Å². The van der Waals surface area contributed by atoms with Gasteiger partial charge in [0.05, 0.1) is 6.34 Å². The third kappa shape index (κ3) is 6.89. The van der Waals surface area contributed by atoms with Crippen LogP contribution in [0.3, 0.4) is 0 Å². The molecule has 5 nitrogen and oxygen atoms in total. The summed E-state index contributed by atoms with van der Waals surface area (Å²) in [6, 6.07) is 17.1. The molecule has 0 aliphatic carbocycles. The van der Waals surface area contributed by atoms with Crippen LogP contribution in [0.4, 0.5) is 9.18 Å². The molecule has 0 bridgehead atoms. The molecule has 1 heterocycles. The normalized spacial score (nSPS) is 19.4. The summed E-state index contributed by atoms with van der Waals surface area (Å²) in [6.07, 6.45) is 8.05. The number of hydrogen-bond acceptors (Lipinski definition) is 3. The van der Waals surface area contributed by atoms with Gasteiger partial charge in [-0.15, -0.1) is 0 Å². The molecular weight excluding hydrogens is 439 g/mol. The van der Waals surface area contributed by atoms with Crippen molar-refractivity contribution in [1.82, 2.24) is 15.1 Å². The summed E-state index contributed by atoms with van der Waals surface area (Å²) in [5.41, 5.74) is 5.61. The average Bonchev–Trinajstić information content (AvgIpc) is 2.85. The van der Waals surface area contributed by atoms with E-state index >= 15 is 0 Å². The molecule has 1 saturated heterocycles. The van der Waals surface area contributed by atoms with Crippen molar-refractivity contribution in [2.24, 2.45) is 4.99 Å². The van der Waals surface area contributed by atoms with Crippen molar-refractivity contribution >= 4 is 12.4 Å². The summed E-state index contributed by atoms with van der Waals surface area (Å²) in [5, 5.41) is 2.70. The molecule has 2 aromatic carbocycles. The number of aryl methyl sites for hydroxylation is 1. The number of likely N-dealkylation sites (tertiary alicyclic amines) is 1. The number of hydrogen-bond donors (Lipinski definition) is 1. The number of carbonyl (C=O) groups excluding carboxylic acids is 1. The lowest BCUT2D eigenvalue weighted by Gasteiger charge is -2.42. The summed E-state index contributed by atoms with van der Waals surface area (Å²) in [4.78, 5) is 21.0. The maximum Gasteiger partial charge on any atom is 0.327 e. The maximum atomic E-state index is 13.3. The van der Waals surface area contributed by atoms with Crippen molar-refractivity contribution in [3.05, 3.63) is 83.6 Å². The zero-order valence-electron chi connectivity index (χ0n) is 21.2. The molecule has 2 aromatic rings. The Balaban J connectivity index is 1.75. The van der Waals surface area contributed by atoms with E-state index in [-0.39, 0.29) is 18.1 Å². The van der Waals surface area contributed by atoms with Gasteiger partial charge in [-0.05, 0) is 74.1 Å². The number of amides is 2. The number of rotatable bonds is 8. The first kappa shape index (κ1) is 26.4. The van der Waals surface area contributed by atoms with Crippen LogP contribution in [-0.2, 0) is 6.54 Å². The van der Waals surface area contributed by atoms with Gasteiger partial charge >= 0.3 is 6.03 Å². The average molecular weight is 477 g/mol. The van der Waals surface area contributed by atoms with Gasteiger partial charge in [-0.1, -0.05) is 48.5 Å². The van der Waals surface area contributed by atoms with Crippen molar-refractivity contribution in [2.75, 3.05) is 20.3 Å². The topological polar surface area (TPSA) is 47.9 Å². The Hall–Kier alpha value is -3.25. The first-order valence-electron chi connectivity index (χ1n) is 12.3. The number of allylic oxidation sites excluding steroid dienone is 3. The molecule has 1 N–H and O–H groups in total. The number of nitrogens with zero attached hydrogens (tertiary/aromatic N) is 3. The highest BCUT2D eigenvalue weighted by Crippen LogP contribution is 2.28. The summed E-state index contributed by atoms with van der Waals surface area (Å²) in [5.74, 6) is 0. The van der Waals surface area contributed by atoms with Crippen molar-refractivity contribution in [3.63, 3.8) is 0 Å². The molecule has 2 atom stereocenters. The van der Waals surface area contributed by atoms with E-state index in [1.54, 1.807) is 18.0 Å². The van der Waals surface area contributed by atoms with Crippen LogP contribution < -0.4 is 5.32 Å². The molecule has 0 radical (unpaired) electrons. The van der Waals surface area contributed by atoms with Gasteiger partial charge < -0.3 is 0 Å². The van der Waals surface area contributed by atoms with Gasteiger partial charge in [0.15, 0.2) is 0 Å². The smallest absolute Gasteiger partial charge is 0.298 e. The van der Waals surface area contributed by atoms with E-state index in [9.17, 15) is 9.18 Å². The van der Waals surface area contributed by atoms with Gasteiger partial charge in [-0.3, -0.25) is 20.1 Å². The summed E-state index contributed by atoms with van der Waals surface area (Å²) < 4.78 is 13.3. The quantitative estimate of drug-likeness (QED) is 0.284. The molecule has 0 spiro atoms. The summed E-state index contributed by atoms with van der Waals surface area (Å²) in [6.45, 7) is 7.29. The number of piperidine rings is 1. The van der Waals surface area contributed by atoms with E-state index in [0.717, 1.165) is 25.9 Å². The lowest BCUT2D eigenvalue weighted by Crippen LogP contribution is -2.52. The molecule has 1 aliphatic rings. The third-order valence-corrected chi connectivity index (χ3v) is 6.56. The zero-order chi connectivity index (χ0) is 25.2. The summed E-state index contributed by atoms with van der Waals surface area (Å²) >= 11 is 0. The monoisotopic (exact) mass is 476 g/mol. The van der Waals surface area contributed by atoms with Crippen LogP contribution in [-0.4, -0.2) is 54.5 Å². The Morgan fingerprint density at radius 3 is 2.74 bits per heavy atom. The lowest BCUT2D eigenvalue weighted by atomic mass is 9.94. The molecule has 2 amide bonds. The molecule has 3 rings (SSSR count). The van der Waals surface area contributed by atoms with Crippen LogP contribution in [0.5, 0.6) is 0 Å². The predicted octanol–water partition coefficient (Wildman–Crippen LogP) is 6.11. The highest BCUT2D eigenvalue weighted by molar-refractivity contribution is 5.87. The van der Waals surface area contributed by atoms with E-state index in [1.165, 1.54) is 34.7 Å². The number of urea groups is 1. The molecule has 0 aromatic heterocycles. The molecule has 6 heteroatoms. The zero-order valence-corrected chi connectivity index (χ0v) is 21.2. The number of nitrogens with one attached hydrogen (secondary N) is 1. The number of carbonyl (C=O) groups is 1. The van der Waals surface area contributed by atoms with E-state index in [4.69, 9.17) is 0 Å². The highest BCUT2D eigenvalue weighted by atomic mass is 19.1. The molecule has 186 valence electrons. The van der Waals surface area contributed by atoms with E-state index < -0.39 is 6.67 Å². The minimum Gasteiger partial charge on any atom is -0.298 e. The van der Waals surface area contributed by atoms with Crippen LogP contribution in [0.25, 0.3) is 11.1 Å². The fourth-order valence-electron chi connectivity index (χ4n) is 4.81. The van der Waals surface area contributed by atoms with Gasteiger partial charge in [-0.2, -0.15) is 0 Å². The van der Waals surface area contributed by atoms with Gasteiger partial charge in [-0.25, -0.2) is 9.18 Å². The van der Waals surface area contributed by atoms with Gasteiger partial charge in [0.25, 0.3) is 0 Å². The van der Waals surface area contributed by atoms with E-state index in [1.807, 2.05) is 13.0 Å². The maximum absolute atomic E-state index is 13.3. The van der Waals surface area contributed by atoms with Crippen molar-refractivity contribution in [1.29, 1.82) is 0 Å². The fraction of sp³-hybridized carbons (Fsp3) is 0.379. The second kappa shape index (κ2) is 13.0. The SMILES string of the molecule is C/C=C\C(=C/CF)N(C(=O)NC=NC)C1CCN(Cc2cccc(-c3ccccc3C)c2)[C@@H](C)C1. The first-order chi connectivity index (χ1) is 17.0. The van der Waals surface area contributed by atoms with Crippen molar-refractivity contribution in [2.45, 2.75) is 52.2 Å². The van der Waals surface area contributed by atoms with E-state index in [0.29, 0.717) is 5.70 Å². The molecule has 35 heavy (non-hydrogen) atoms. The second-order valence-corrected chi connectivity index (χ2v) is 9.00. The molecular formula is C29H37FN4O. The Labute approximate surface area is 209 Å². The Morgan fingerprint density at radius 2 is 2.06 bits per heavy atom. The third-order valence-electron chi connectivity index (χ3n) is 6.56. The largest absolute Gasteiger partial charge is 0.327 e. The molecule has 1 fully saturated rings.